The van der Waals surface area contributed by atoms with Gasteiger partial charge in [-0.15, -0.1) is 0 Å². The Kier molecular flexibility index (Phi) is 4.92. The molecule has 0 bridgehead atoms. The van der Waals surface area contributed by atoms with Crippen LogP contribution in [0.3, 0.4) is 0 Å². The van der Waals surface area contributed by atoms with Crippen molar-refractivity contribution in [1.82, 2.24) is 0 Å². The van der Waals surface area contributed by atoms with Crippen molar-refractivity contribution in [3.8, 4) is 0 Å². The van der Waals surface area contributed by atoms with E-state index in [-0.39, 0.29) is 0 Å². The molecule has 0 aromatic heterocycles. The van der Waals surface area contributed by atoms with Crippen LogP contribution in [0.1, 0.15) is 51.9 Å². The van der Waals surface area contributed by atoms with E-state index in [4.69, 9.17) is 0 Å². The van der Waals surface area contributed by atoms with Crippen molar-refractivity contribution >= 4 is 5.71 Å². The summed E-state index contributed by atoms with van der Waals surface area (Å²) in [5, 5.41) is 0. The van der Waals surface area contributed by atoms with Crippen molar-refractivity contribution in [2.45, 2.75) is 51.9 Å². The van der Waals surface area contributed by atoms with Gasteiger partial charge >= 0.3 is 0 Å². The fourth-order valence-corrected chi connectivity index (χ4v) is 2.33. The molecule has 0 heterocycles. The molecule has 1 fully saturated rings. The van der Waals surface area contributed by atoms with Gasteiger partial charge in [0.05, 0.1) is 0 Å². The summed E-state index contributed by atoms with van der Waals surface area (Å²) >= 11 is 0. The van der Waals surface area contributed by atoms with Crippen LogP contribution >= 0.6 is 0 Å². The summed E-state index contributed by atoms with van der Waals surface area (Å²) in [4.78, 5) is 4.45. The molecule has 1 nitrogen and oxygen atoms in total. The second-order valence-electron chi connectivity index (χ2n) is 4.54. The minimum absolute atomic E-state index is 0.749. The van der Waals surface area contributed by atoms with Gasteiger partial charge in [-0.1, -0.05) is 37.8 Å². The number of allylic oxidation sites excluding steroid dienone is 1. The Hall–Kier alpha value is -0.590. The smallest absolute Gasteiger partial charge is 0.0276 e. The first kappa shape index (κ1) is 11.5. The van der Waals surface area contributed by atoms with Crippen LogP contribution < -0.4 is 0 Å². The standard InChI is InChI=1S/C13H23N/c1-11(2)10-13(14-3)12-8-6-4-5-7-9-12/h12H,1,4-10H2,2-3H3/b14-13+. The van der Waals surface area contributed by atoms with Gasteiger partial charge in [-0.25, -0.2) is 0 Å². The first-order valence-corrected chi connectivity index (χ1v) is 5.84. The fraction of sp³-hybridized carbons (Fsp3) is 0.769. The normalized spacial score (nSPS) is 20.6. The van der Waals surface area contributed by atoms with Crippen LogP contribution in [0.2, 0.25) is 0 Å². The van der Waals surface area contributed by atoms with Crippen LogP contribution in [0, 0.1) is 5.92 Å². The lowest BCUT2D eigenvalue weighted by molar-refractivity contribution is 0.584. The Morgan fingerprint density at radius 3 is 2.21 bits per heavy atom. The van der Waals surface area contributed by atoms with E-state index < -0.39 is 0 Å². The zero-order valence-corrected chi connectivity index (χ0v) is 9.68. The highest BCUT2D eigenvalue weighted by atomic mass is 14.7. The third-order valence-electron chi connectivity index (χ3n) is 3.10. The van der Waals surface area contributed by atoms with Crippen LogP contribution in [0.4, 0.5) is 0 Å². The molecule has 0 spiro atoms. The number of nitrogens with zero attached hydrogens (tertiary/aromatic N) is 1. The molecule has 0 N–H and O–H groups in total. The van der Waals surface area contributed by atoms with Gasteiger partial charge < -0.3 is 0 Å². The zero-order chi connectivity index (χ0) is 10.4. The van der Waals surface area contributed by atoms with Crippen molar-refractivity contribution in [3.05, 3.63) is 12.2 Å². The molecule has 0 saturated heterocycles. The van der Waals surface area contributed by atoms with Crippen molar-refractivity contribution in [1.29, 1.82) is 0 Å². The summed E-state index contributed by atoms with van der Waals surface area (Å²) in [7, 11) is 1.93. The van der Waals surface area contributed by atoms with Crippen molar-refractivity contribution < 1.29 is 0 Å². The van der Waals surface area contributed by atoms with E-state index in [0.29, 0.717) is 0 Å². The highest BCUT2D eigenvalue weighted by Crippen LogP contribution is 2.25. The van der Waals surface area contributed by atoms with Crippen molar-refractivity contribution in [2.75, 3.05) is 7.05 Å². The van der Waals surface area contributed by atoms with Crippen LogP contribution in [0.15, 0.2) is 17.1 Å². The largest absolute Gasteiger partial charge is 0.297 e. The molecular weight excluding hydrogens is 170 g/mol. The molecule has 14 heavy (non-hydrogen) atoms. The highest BCUT2D eigenvalue weighted by Gasteiger charge is 2.17. The summed E-state index contributed by atoms with van der Waals surface area (Å²) < 4.78 is 0. The predicted molar refractivity (Wildman–Crippen MR) is 64.0 cm³/mol. The summed E-state index contributed by atoms with van der Waals surface area (Å²) in [5.41, 5.74) is 2.63. The van der Waals surface area contributed by atoms with Gasteiger partial charge in [0.1, 0.15) is 0 Å². The average molecular weight is 193 g/mol. The fourth-order valence-electron chi connectivity index (χ4n) is 2.33. The summed E-state index contributed by atoms with van der Waals surface area (Å²) in [6, 6.07) is 0. The maximum Gasteiger partial charge on any atom is 0.0276 e. The molecule has 1 saturated carbocycles. The van der Waals surface area contributed by atoms with E-state index in [2.05, 4.69) is 18.5 Å². The first-order valence-electron chi connectivity index (χ1n) is 5.84. The van der Waals surface area contributed by atoms with Gasteiger partial charge in [-0.3, -0.25) is 4.99 Å². The summed E-state index contributed by atoms with van der Waals surface area (Å²) in [6.45, 7) is 6.08. The maximum atomic E-state index is 4.45. The quantitative estimate of drug-likeness (QED) is 0.365. The molecule has 1 aliphatic carbocycles. The zero-order valence-electron chi connectivity index (χ0n) is 9.68. The molecule has 1 aliphatic rings. The molecule has 0 amide bonds. The number of rotatable bonds is 3. The Morgan fingerprint density at radius 2 is 1.79 bits per heavy atom. The molecule has 0 aliphatic heterocycles. The average Bonchev–Trinajstić information content (AvgIpc) is 2.41. The monoisotopic (exact) mass is 193 g/mol. The van der Waals surface area contributed by atoms with Gasteiger partial charge in [-0.05, 0) is 25.7 Å². The minimum atomic E-state index is 0.749. The highest BCUT2D eigenvalue weighted by molar-refractivity contribution is 5.88. The molecule has 0 atom stereocenters. The lowest BCUT2D eigenvalue weighted by Crippen LogP contribution is -2.14. The van der Waals surface area contributed by atoms with E-state index in [0.717, 1.165) is 12.3 Å². The third kappa shape index (κ3) is 3.65. The van der Waals surface area contributed by atoms with E-state index in [1.54, 1.807) is 0 Å². The molecular formula is C13H23N. The molecule has 80 valence electrons. The number of hydrogen-bond acceptors (Lipinski definition) is 1. The van der Waals surface area contributed by atoms with Crippen molar-refractivity contribution in [3.63, 3.8) is 0 Å². The van der Waals surface area contributed by atoms with E-state index >= 15 is 0 Å². The second kappa shape index (κ2) is 6.00. The van der Waals surface area contributed by atoms with Gasteiger partial charge in [0.2, 0.25) is 0 Å². The lowest BCUT2D eigenvalue weighted by Gasteiger charge is -2.16. The van der Waals surface area contributed by atoms with Gasteiger partial charge in [0, 0.05) is 19.2 Å². The lowest BCUT2D eigenvalue weighted by atomic mass is 9.91. The molecule has 0 aromatic carbocycles. The number of aliphatic imine (C=N–C) groups is 1. The molecule has 0 unspecified atom stereocenters. The van der Waals surface area contributed by atoms with Gasteiger partial charge in [0.25, 0.3) is 0 Å². The van der Waals surface area contributed by atoms with Crippen molar-refractivity contribution in [2.24, 2.45) is 10.9 Å². The topological polar surface area (TPSA) is 12.4 Å². The Morgan fingerprint density at radius 1 is 1.21 bits per heavy atom. The predicted octanol–water partition coefficient (Wildman–Crippen LogP) is 3.99. The van der Waals surface area contributed by atoms with Crippen LogP contribution in [-0.2, 0) is 0 Å². The molecule has 0 aromatic rings. The number of hydrogen-bond donors (Lipinski definition) is 0. The van der Waals surface area contributed by atoms with E-state index in [1.165, 1.54) is 49.8 Å². The Bertz CT molecular complexity index is 207. The van der Waals surface area contributed by atoms with E-state index in [9.17, 15) is 0 Å². The van der Waals surface area contributed by atoms with Gasteiger partial charge in [0.15, 0.2) is 0 Å². The minimum Gasteiger partial charge on any atom is -0.297 e. The Labute approximate surface area is 88.3 Å². The van der Waals surface area contributed by atoms with Gasteiger partial charge in [-0.2, -0.15) is 0 Å². The second-order valence-corrected chi connectivity index (χ2v) is 4.54. The first-order chi connectivity index (χ1) is 6.74. The Balaban J connectivity index is 2.53. The van der Waals surface area contributed by atoms with E-state index in [1.807, 2.05) is 7.05 Å². The summed E-state index contributed by atoms with van der Waals surface area (Å²) in [6.07, 6.45) is 9.32. The summed E-state index contributed by atoms with van der Waals surface area (Å²) in [5.74, 6) is 0.749. The third-order valence-corrected chi connectivity index (χ3v) is 3.10. The van der Waals surface area contributed by atoms with Crippen LogP contribution in [0.25, 0.3) is 0 Å². The maximum absolute atomic E-state index is 4.45. The molecule has 1 heteroatoms. The molecule has 1 rings (SSSR count). The van der Waals surface area contributed by atoms with Crippen LogP contribution in [0.5, 0.6) is 0 Å². The van der Waals surface area contributed by atoms with Crippen LogP contribution in [-0.4, -0.2) is 12.8 Å². The molecule has 0 radical (unpaired) electrons. The SMILES string of the molecule is C=C(C)C/C(=N\C)C1CCCCCC1.